The summed E-state index contributed by atoms with van der Waals surface area (Å²) in [5.41, 5.74) is 4.63. The highest BCUT2D eigenvalue weighted by molar-refractivity contribution is 14.1. The second-order valence-electron chi connectivity index (χ2n) is 2.20. The van der Waals surface area contributed by atoms with Crippen molar-refractivity contribution in [2.75, 3.05) is 5.73 Å². The molecule has 78 valence electrons. The van der Waals surface area contributed by atoms with Crippen LogP contribution in [-0.4, -0.2) is 11.3 Å². The molecule has 3 nitrogen and oxygen atoms in total. The number of halogens is 5. The van der Waals surface area contributed by atoms with Crippen molar-refractivity contribution in [2.45, 2.75) is 6.36 Å². The van der Waals surface area contributed by atoms with Gasteiger partial charge in [-0.15, -0.1) is 13.2 Å². The number of nitrogens with two attached hydrogens (primary N) is 1. The summed E-state index contributed by atoms with van der Waals surface area (Å²) in [5.74, 6) is -1.64. The molecule has 14 heavy (non-hydrogen) atoms. The van der Waals surface area contributed by atoms with Crippen molar-refractivity contribution in [1.82, 2.24) is 4.98 Å². The van der Waals surface area contributed by atoms with E-state index in [0.717, 1.165) is 0 Å². The number of ether oxygens (including phenoxy) is 1. The summed E-state index contributed by atoms with van der Waals surface area (Å²) in [5, 5.41) is 0. The molecular formula is C6H3F4IN2O. The van der Waals surface area contributed by atoms with Crippen LogP contribution in [0.1, 0.15) is 0 Å². The van der Waals surface area contributed by atoms with Crippen LogP contribution in [0, 0.1) is 9.52 Å². The summed E-state index contributed by atoms with van der Waals surface area (Å²) >= 11 is 1.41. The van der Waals surface area contributed by atoms with Crippen LogP contribution in [0.3, 0.4) is 0 Å². The Kier molecular flexibility index (Phi) is 3.02. The van der Waals surface area contributed by atoms with Crippen molar-refractivity contribution in [3.05, 3.63) is 15.6 Å². The molecule has 8 heteroatoms. The van der Waals surface area contributed by atoms with E-state index in [1.165, 1.54) is 22.6 Å². The highest BCUT2D eigenvalue weighted by Gasteiger charge is 2.32. The predicted molar refractivity (Wildman–Crippen MR) is 48.0 cm³/mol. The molecule has 0 bridgehead atoms. The van der Waals surface area contributed by atoms with Crippen LogP contribution in [-0.2, 0) is 0 Å². The van der Waals surface area contributed by atoms with Crippen molar-refractivity contribution < 1.29 is 22.3 Å². The van der Waals surface area contributed by atoms with Gasteiger partial charge in [0.05, 0.1) is 5.69 Å². The highest BCUT2D eigenvalue weighted by atomic mass is 127. The van der Waals surface area contributed by atoms with Crippen molar-refractivity contribution in [1.29, 1.82) is 0 Å². The molecule has 0 amide bonds. The third-order valence-electron chi connectivity index (χ3n) is 1.14. The largest absolute Gasteiger partial charge is 0.574 e. The van der Waals surface area contributed by atoms with Gasteiger partial charge in [0.15, 0.2) is 5.82 Å². The Morgan fingerprint density at radius 3 is 2.43 bits per heavy atom. The second kappa shape index (κ2) is 3.75. The summed E-state index contributed by atoms with van der Waals surface area (Å²) in [4.78, 5) is 3.21. The Morgan fingerprint density at radius 2 is 2.00 bits per heavy atom. The number of alkyl halides is 3. The van der Waals surface area contributed by atoms with E-state index in [1.54, 1.807) is 0 Å². The monoisotopic (exact) mass is 322 g/mol. The van der Waals surface area contributed by atoms with E-state index in [1.807, 2.05) is 0 Å². The maximum Gasteiger partial charge on any atom is 0.574 e. The fourth-order valence-electron chi connectivity index (χ4n) is 0.664. The van der Waals surface area contributed by atoms with Crippen LogP contribution in [0.2, 0.25) is 0 Å². The lowest BCUT2D eigenvalue weighted by Crippen LogP contribution is -2.18. The fraction of sp³-hybridized carbons (Fsp3) is 0.167. The quantitative estimate of drug-likeness (QED) is 0.490. The predicted octanol–water partition coefficient (Wildman–Crippen LogP) is 2.31. The molecule has 0 atom stereocenters. The van der Waals surface area contributed by atoms with E-state index in [-0.39, 0.29) is 3.70 Å². The van der Waals surface area contributed by atoms with Crippen LogP contribution >= 0.6 is 22.6 Å². The van der Waals surface area contributed by atoms with Crippen LogP contribution in [0.4, 0.5) is 23.2 Å². The van der Waals surface area contributed by atoms with Gasteiger partial charge in [-0.3, -0.25) is 0 Å². The Labute approximate surface area is 89.4 Å². The Morgan fingerprint density at radius 1 is 1.43 bits per heavy atom. The first-order valence-corrected chi connectivity index (χ1v) is 4.25. The van der Waals surface area contributed by atoms with Gasteiger partial charge >= 0.3 is 6.36 Å². The Balaban J connectivity index is 3.02. The van der Waals surface area contributed by atoms with Gasteiger partial charge in [-0.05, 0) is 22.6 Å². The molecule has 1 aromatic rings. The van der Waals surface area contributed by atoms with Crippen molar-refractivity contribution >= 4 is 28.3 Å². The number of rotatable bonds is 1. The SMILES string of the molecule is Nc1cc(OC(F)(F)F)nc(I)c1F. The minimum Gasteiger partial charge on any atom is -0.396 e. The van der Waals surface area contributed by atoms with E-state index >= 15 is 0 Å². The van der Waals surface area contributed by atoms with Crippen LogP contribution in [0.15, 0.2) is 6.07 Å². The number of hydrogen-bond donors (Lipinski definition) is 1. The normalized spacial score (nSPS) is 11.5. The average Bonchev–Trinajstić information content (AvgIpc) is 1.96. The van der Waals surface area contributed by atoms with Gasteiger partial charge in [-0.1, -0.05) is 0 Å². The van der Waals surface area contributed by atoms with E-state index in [2.05, 4.69) is 9.72 Å². The van der Waals surface area contributed by atoms with Crippen LogP contribution < -0.4 is 10.5 Å². The average molecular weight is 322 g/mol. The van der Waals surface area contributed by atoms with E-state index in [0.29, 0.717) is 6.07 Å². The minimum atomic E-state index is -4.86. The van der Waals surface area contributed by atoms with Gasteiger partial charge in [0.1, 0.15) is 3.70 Å². The van der Waals surface area contributed by atoms with Gasteiger partial charge in [0.25, 0.3) is 0 Å². The molecule has 1 heterocycles. The van der Waals surface area contributed by atoms with E-state index < -0.39 is 23.7 Å². The van der Waals surface area contributed by atoms with E-state index in [4.69, 9.17) is 5.73 Å². The first kappa shape index (κ1) is 11.3. The molecular weight excluding hydrogens is 319 g/mol. The number of pyridine rings is 1. The third-order valence-corrected chi connectivity index (χ3v) is 1.86. The molecule has 0 aliphatic heterocycles. The molecule has 0 fully saturated rings. The standard InChI is InChI=1S/C6H3F4IN2O/c7-4-2(12)1-3(13-5(4)11)14-6(8,9)10/h1H,(H2,12,13). The van der Waals surface area contributed by atoms with E-state index in [9.17, 15) is 17.6 Å². The molecule has 0 spiro atoms. The molecule has 1 aromatic heterocycles. The number of anilines is 1. The number of hydrogen-bond acceptors (Lipinski definition) is 3. The van der Waals surface area contributed by atoms with Crippen molar-refractivity contribution in [2.24, 2.45) is 0 Å². The summed E-state index contributed by atoms with van der Waals surface area (Å²) in [6.07, 6.45) is -4.86. The second-order valence-corrected chi connectivity index (χ2v) is 3.22. The Bertz CT molecular complexity index is 331. The number of aromatic nitrogens is 1. The first-order valence-electron chi connectivity index (χ1n) is 3.17. The lowest BCUT2D eigenvalue weighted by atomic mass is 10.4. The Hall–Kier alpha value is -0.800. The van der Waals surface area contributed by atoms with Gasteiger partial charge < -0.3 is 10.5 Å². The molecule has 1 rings (SSSR count). The summed E-state index contributed by atoms with van der Waals surface area (Å²) in [6.45, 7) is 0. The number of nitrogens with zero attached hydrogens (tertiary/aromatic N) is 1. The van der Waals surface area contributed by atoms with Crippen molar-refractivity contribution in [3.8, 4) is 5.88 Å². The lowest BCUT2D eigenvalue weighted by Gasteiger charge is -2.08. The zero-order chi connectivity index (χ0) is 10.9. The molecule has 0 unspecified atom stereocenters. The molecule has 0 aliphatic rings. The summed E-state index contributed by atoms with van der Waals surface area (Å²) in [6, 6.07) is 0.672. The zero-order valence-electron chi connectivity index (χ0n) is 6.40. The summed E-state index contributed by atoms with van der Waals surface area (Å²) < 4.78 is 51.1. The van der Waals surface area contributed by atoms with Gasteiger partial charge in [-0.25, -0.2) is 9.37 Å². The maximum atomic E-state index is 12.8. The fourth-order valence-corrected chi connectivity index (χ4v) is 1.21. The van der Waals surface area contributed by atoms with Gasteiger partial charge in [0, 0.05) is 6.07 Å². The minimum absolute atomic E-state index is 0.276. The molecule has 0 saturated carbocycles. The lowest BCUT2D eigenvalue weighted by molar-refractivity contribution is -0.276. The first-order chi connectivity index (χ1) is 6.29. The topological polar surface area (TPSA) is 48.1 Å². The van der Waals surface area contributed by atoms with Gasteiger partial charge in [0.2, 0.25) is 5.88 Å². The molecule has 0 aliphatic carbocycles. The zero-order valence-corrected chi connectivity index (χ0v) is 8.56. The van der Waals surface area contributed by atoms with Crippen molar-refractivity contribution in [3.63, 3.8) is 0 Å². The molecule has 0 radical (unpaired) electrons. The maximum absolute atomic E-state index is 12.8. The molecule has 2 N–H and O–H groups in total. The van der Waals surface area contributed by atoms with Crippen LogP contribution in [0.25, 0.3) is 0 Å². The molecule has 0 aromatic carbocycles. The van der Waals surface area contributed by atoms with Crippen LogP contribution in [0.5, 0.6) is 5.88 Å². The number of nitrogen functional groups attached to an aromatic ring is 1. The summed E-state index contributed by atoms with van der Waals surface area (Å²) in [7, 11) is 0. The van der Waals surface area contributed by atoms with Gasteiger partial charge in [-0.2, -0.15) is 0 Å². The third kappa shape index (κ3) is 2.86. The smallest absolute Gasteiger partial charge is 0.396 e. The molecule has 0 saturated heterocycles. The highest BCUT2D eigenvalue weighted by Crippen LogP contribution is 2.25.